The summed E-state index contributed by atoms with van der Waals surface area (Å²) in [6, 6.07) is 4.74. The zero-order chi connectivity index (χ0) is 13.1. The molecule has 0 aliphatic carbocycles. The molecule has 1 aromatic rings. The van der Waals surface area contributed by atoms with Gasteiger partial charge in [-0.05, 0) is 40.5 Å². The Morgan fingerprint density at radius 2 is 2.06 bits per heavy atom. The predicted octanol–water partition coefficient (Wildman–Crippen LogP) is 1.31. The number of hydrogen-bond donors (Lipinski definition) is 2. The topological polar surface area (TPSA) is 84.5 Å². The maximum atomic E-state index is 11.8. The molecule has 0 atom stereocenters. The van der Waals surface area contributed by atoms with Crippen LogP contribution < -0.4 is 10.3 Å². The Morgan fingerprint density at radius 1 is 1.41 bits per heavy atom. The van der Waals surface area contributed by atoms with Crippen LogP contribution in [-0.4, -0.2) is 21.6 Å². The van der Waals surface area contributed by atoms with E-state index in [0.29, 0.717) is 4.47 Å². The zero-order valence-electron chi connectivity index (χ0n) is 9.15. The average molecular weight is 323 g/mol. The number of carbonyl (C=O) groups excluding carboxylic acids is 1. The van der Waals surface area contributed by atoms with E-state index in [2.05, 4.69) is 20.7 Å². The average Bonchev–Trinajstić information content (AvgIpc) is 2.25. The van der Waals surface area contributed by atoms with Crippen LogP contribution in [-0.2, 0) is 14.8 Å². The minimum absolute atomic E-state index is 0.0273. The molecule has 0 unspecified atom stereocenters. The van der Waals surface area contributed by atoms with Crippen LogP contribution in [0.1, 0.15) is 5.56 Å². The predicted molar refractivity (Wildman–Crippen MR) is 64.7 cm³/mol. The second kappa shape index (κ2) is 5.48. The molecule has 0 spiro atoms. The molecule has 0 radical (unpaired) electrons. The van der Waals surface area contributed by atoms with E-state index in [4.69, 9.17) is 0 Å². The third-order valence-electron chi connectivity index (χ3n) is 1.85. The van der Waals surface area contributed by atoms with E-state index in [9.17, 15) is 13.2 Å². The highest BCUT2D eigenvalue weighted by Gasteiger charge is 2.18. The number of amides is 1. The third kappa shape index (κ3) is 3.69. The Bertz CT molecular complexity index is 530. The van der Waals surface area contributed by atoms with E-state index in [0.717, 1.165) is 12.7 Å². The summed E-state index contributed by atoms with van der Waals surface area (Å²) in [6.45, 7) is 1.83. The molecular formula is C9H11BrN2O4S. The molecule has 1 rings (SSSR count). The van der Waals surface area contributed by atoms with Gasteiger partial charge in [0, 0.05) is 4.47 Å². The molecule has 0 saturated heterocycles. The Balaban J connectivity index is 2.94. The van der Waals surface area contributed by atoms with Crippen molar-refractivity contribution in [1.29, 1.82) is 0 Å². The van der Waals surface area contributed by atoms with Crippen LogP contribution in [0.25, 0.3) is 0 Å². The number of ether oxygens (including phenoxy) is 1. The van der Waals surface area contributed by atoms with Gasteiger partial charge >= 0.3 is 6.09 Å². The van der Waals surface area contributed by atoms with Crippen molar-refractivity contribution in [2.75, 3.05) is 7.11 Å². The lowest BCUT2D eigenvalue weighted by Gasteiger charge is -2.09. The van der Waals surface area contributed by atoms with Crippen molar-refractivity contribution in [1.82, 2.24) is 10.3 Å². The first-order valence-corrected chi connectivity index (χ1v) is 6.76. The van der Waals surface area contributed by atoms with Gasteiger partial charge in [0.25, 0.3) is 10.0 Å². The molecular weight excluding hydrogens is 312 g/mol. The van der Waals surface area contributed by atoms with Crippen molar-refractivity contribution in [3.05, 3.63) is 28.2 Å². The highest BCUT2D eigenvalue weighted by Crippen LogP contribution is 2.22. The summed E-state index contributed by atoms with van der Waals surface area (Å²) in [5.74, 6) is 0. The Hall–Kier alpha value is -1.12. The zero-order valence-corrected chi connectivity index (χ0v) is 11.6. The summed E-state index contributed by atoms with van der Waals surface area (Å²) in [7, 11) is -2.69. The van der Waals surface area contributed by atoms with Crippen LogP contribution in [0.4, 0.5) is 4.79 Å². The van der Waals surface area contributed by atoms with Gasteiger partial charge in [0.1, 0.15) is 0 Å². The number of halogens is 1. The molecule has 1 amide bonds. The largest absolute Gasteiger partial charge is 0.452 e. The van der Waals surface area contributed by atoms with Gasteiger partial charge in [0.05, 0.1) is 12.0 Å². The quantitative estimate of drug-likeness (QED) is 0.822. The van der Waals surface area contributed by atoms with Gasteiger partial charge in [-0.3, -0.25) is 0 Å². The number of hydrogen-bond acceptors (Lipinski definition) is 4. The summed E-state index contributed by atoms with van der Waals surface area (Å²) in [5.41, 5.74) is 2.81. The number of benzene rings is 1. The van der Waals surface area contributed by atoms with Gasteiger partial charge in [-0.15, -0.1) is 4.83 Å². The summed E-state index contributed by atoms with van der Waals surface area (Å²) in [5, 5.41) is 0. The van der Waals surface area contributed by atoms with Crippen molar-refractivity contribution >= 4 is 32.0 Å². The van der Waals surface area contributed by atoms with Crippen molar-refractivity contribution in [3.8, 4) is 0 Å². The van der Waals surface area contributed by atoms with Gasteiger partial charge < -0.3 is 4.74 Å². The van der Waals surface area contributed by atoms with E-state index in [-0.39, 0.29) is 4.90 Å². The first-order valence-electron chi connectivity index (χ1n) is 4.49. The van der Waals surface area contributed by atoms with Crippen LogP contribution in [0.5, 0.6) is 0 Å². The number of methoxy groups -OCH3 is 1. The van der Waals surface area contributed by atoms with Gasteiger partial charge in [-0.1, -0.05) is 6.07 Å². The van der Waals surface area contributed by atoms with Gasteiger partial charge in [0.15, 0.2) is 0 Å². The van der Waals surface area contributed by atoms with E-state index in [1.54, 1.807) is 12.1 Å². The highest BCUT2D eigenvalue weighted by atomic mass is 79.9. The molecule has 0 aromatic heterocycles. The first-order chi connectivity index (χ1) is 7.86. The fraction of sp³-hybridized carbons (Fsp3) is 0.222. The van der Waals surface area contributed by atoms with Crippen LogP contribution in [0.15, 0.2) is 27.6 Å². The summed E-state index contributed by atoms with van der Waals surface area (Å²) in [6.07, 6.45) is -0.892. The molecule has 0 fully saturated rings. The second-order valence-corrected chi connectivity index (χ2v) is 5.66. The molecule has 94 valence electrons. The van der Waals surface area contributed by atoms with Crippen LogP contribution >= 0.6 is 15.9 Å². The van der Waals surface area contributed by atoms with Crippen LogP contribution in [0.2, 0.25) is 0 Å². The van der Waals surface area contributed by atoms with E-state index < -0.39 is 16.1 Å². The third-order valence-corrected chi connectivity index (χ3v) is 4.07. The van der Waals surface area contributed by atoms with Crippen LogP contribution in [0.3, 0.4) is 0 Å². The fourth-order valence-electron chi connectivity index (χ4n) is 1.04. The molecule has 1 aromatic carbocycles. The van der Waals surface area contributed by atoms with E-state index in [1.807, 2.05) is 17.2 Å². The van der Waals surface area contributed by atoms with E-state index >= 15 is 0 Å². The number of carbonyl (C=O) groups is 1. The highest BCUT2D eigenvalue weighted by molar-refractivity contribution is 9.10. The Kier molecular flexibility index (Phi) is 4.49. The van der Waals surface area contributed by atoms with Crippen molar-refractivity contribution in [2.24, 2.45) is 0 Å². The van der Waals surface area contributed by atoms with Gasteiger partial charge in [0.2, 0.25) is 0 Å². The molecule has 17 heavy (non-hydrogen) atoms. The molecule has 8 heteroatoms. The molecule has 0 aliphatic rings. The number of sulfonamides is 1. The molecule has 0 saturated carbocycles. The molecule has 0 aliphatic heterocycles. The lowest BCUT2D eigenvalue weighted by molar-refractivity contribution is 0.169. The number of hydrazine groups is 1. The smallest absolute Gasteiger partial charge is 0.422 e. The standard InChI is InChI=1S/C9H11BrN2O4S/c1-6-3-4-8(7(10)5-6)17(14,15)12-11-9(13)16-2/h3-5,12H,1-2H3,(H,11,13). The number of nitrogens with one attached hydrogen (secondary N) is 2. The lowest BCUT2D eigenvalue weighted by atomic mass is 10.2. The SMILES string of the molecule is COC(=O)NNS(=O)(=O)c1ccc(C)cc1Br. The number of rotatable bonds is 3. The molecule has 2 N–H and O–H groups in total. The van der Waals surface area contributed by atoms with E-state index in [1.165, 1.54) is 6.07 Å². The summed E-state index contributed by atoms with van der Waals surface area (Å²) >= 11 is 3.14. The second-order valence-electron chi connectivity index (χ2n) is 3.16. The minimum atomic E-state index is -3.82. The summed E-state index contributed by atoms with van der Waals surface area (Å²) < 4.78 is 28.2. The Morgan fingerprint density at radius 3 is 2.59 bits per heavy atom. The maximum Gasteiger partial charge on any atom is 0.422 e. The maximum absolute atomic E-state index is 11.8. The van der Waals surface area contributed by atoms with Gasteiger partial charge in [-0.2, -0.15) is 0 Å². The van der Waals surface area contributed by atoms with Crippen molar-refractivity contribution < 1.29 is 17.9 Å². The fourth-order valence-corrected chi connectivity index (χ4v) is 3.06. The molecule has 0 heterocycles. The van der Waals surface area contributed by atoms with Crippen molar-refractivity contribution in [3.63, 3.8) is 0 Å². The minimum Gasteiger partial charge on any atom is -0.452 e. The van der Waals surface area contributed by atoms with Crippen LogP contribution in [0, 0.1) is 6.92 Å². The molecule has 0 bridgehead atoms. The molecule has 6 nitrogen and oxygen atoms in total. The lowest BCUT2D eigenvalue weighted by Crippen LogP contribution is -2.41. The first kappa shape index (κ1) is 13.9. The monoisotopic (exact) mass is 322 g/mol. The van der Waals surface area contributed by atoms with Gasteiger partial charge in [-0.25, -0.2) is 18.6 Å². The Labute approximate surface area is 107 Å². The normalized spacial score (nSPS) is 11.0. The summed E-state index contributed by atoms with van der Waals surface area (Å²) in [4.78, 5) is 12.7. The van der Waals surface area contributed by atoms with Crippen molar-refractivity contribution in [2.45, 2.75) is 11.8 Å². The number of aryl methyl sites for hydroxylation is 1.